The molecule has 0 spiro atoms. The van der Waals surface area contributed by atoms with Gasteiger partial charge in [0.05, 0.1) is 11.6 Å². The van der Waals surface area contributed by atoms with Gasteiger partial charge in [-0.1, -0.05) is 13.3 Å². The molecule has 1 aliphatic heterocycles. The highest BCUT2D eigenvalue weighted by Crippen LogP contribution is 2.35. The Bertz CT molecular complexity index is 435. The Morgan fingerprint density at radius 2 is 2.05 bits per heavy atom. The summed E-state index contributed by atoms with van der Waals surface area (Å²) < 4.78 is 19.1. The lowest BCUT2D eigenvalue weighted by molar-refractivity contribution is -0.0225. The van der Waals surface area contributed by atoms with Crippen molar-refractivity contribution in [2.45, 2.75) is 51.2 Å². The highest BCUT2D eigenvalue weighted by molar-refractivity contribution is 5.49. The molecule has 21 heavy (non-hydrogen) atoms. The van der Waals surface area contributed by atoms with Crippen LogP contribution in [-0.2, 0) is 4.74 Å². The van der Waals surface area contributed by atoms with E-state index in [4.69, 9.17) is 10.5 Å². The fourth-order valence-corrected chi connectivity index (χ4v) is 3.46. The van der Waals surface area contributed by atoms with Gasteiger partial charge < -0.3 is 15.4 Å². The molecule has 1 aromatic carbocycles. The molecule has 1 heterocycles. The predicted molar refractivity (Wildman–Crippen MR) is 85.1 cm³/mol. The quantitative estimate of drug-likeness (QED) is 0.874. The maximum Gasteiger partial charge on any atom is 0.123 e. The van der Waals surface area contributed by atoms with Gasteiger partial charge in [-0.2, -0.15) is 0 Å². The summed E-state index contributed by atoms with van der Waals surface area (Å²) in [5.74, 6) is -0.201. The number of hydrogen-bond donors (Lipinski definition) is 1. The zero-order valence-electron chi connectivity index (χ0n) is 13.1. The third-order valence-electron chi connectivity index (χ3n) is 4.55. The van der Waals surface area contributed by atoms with Gasteiger partial charge in [0.1, 0.15) is 5.82 Å². The van der Waals surface area contributed by atoms with E-state index in [1.54, 1.807) is 0 Å². The Kier molecular flexibility index (Phi) is 5.59. The smallest absolute Gasteiger partial charge is 0.123 e. The Labute approximate surface area is 127 Å². The van der Waals surface area contributed by atoms with E-state index in [1.807, 2.05) is 12.1 Å². The molecule has 3 nitrogen and oxygen atoms in total. The van der Waals surface area contributed by atoms with E-state index in [-0.39, 0.29) is 17.5 Å². The van der Waals surface area contributed by atoms with Crippen molar-refractivity contribution in [2.75, 3.05) is 24.6 Å². The van der Waals surface area contributed by atoms with Crippen molar-refractivity contribution in [2.24, 2.45) is 5.73 Å². The molecule has 1 saturated heterocycles. The Morgan fingerprint density at radius 1 is 1.33 bits per heavy atom. The van der Waals surface area contributed by atoms with Crippen LogP contribution < -0.4 is 10.6 Å². The first-order valence-corrected chi connectivity index (χ1v) is 8.00. The lowest BCUT2D eigenvalue weighted by Gasteiger charge is -2.49. The molecule has 0 aromatic heterocycles. The number of halogens is 1. The van der Waals surface area contributed by atoms with Crippen molar-refractivity contribution in [3.63, 3.8) is 0 Å². The summed E-state index contributed by atoms with van der Waals surface area (Å²) in [7, 11) is 0. The van der Waals surface area contributed by atoms with Crippen LogP contribution in [0.1, 0.15) is 39.5 Å². The van der Waals surface area contributed by atoms with E-state index < -0.39 is 0 Å². The molecular formula is C17H27FN2O. The lowest BCUT2D eigenvalue weighted by Crippen LogP contribution is -2.59. The van der Waals surface area contributed by atoms with Gasteiger partial charge in [-0.05, 0) is 50.5 Å². The van der Waals surface area contributed by atoms with Gasteiger partial charge in [-0.25, -0.2) is 4.39 Å². The number of benzene rings is 1. The molecule has 0 saturated carbocycles. The molecule has 2 rings (SSSR count). The van der Waals surface area contributed by atoms with Crippen LogP contribution in [0.5, 0.6) is 0 Å². The van der Waals surface area contributed by atoms with E-state index in [9.17, 15) is 4.39 Å². The van der Waals surface area contributed by atoms with Gasteiger partial charge >= 0.3 is 0 Å². The van der Waals surface area contributed by atoms with Gasteiger partial charge in [0.2, 0.25) is 0 Å². The van der Waals surface area contributed by atoms with Crippen molar-refractivity contribution in [1.29, 1.82) is 0 Å². The summed E-state index contributed by atoms with van der Waals surface area (Å²) in [5, 5.41) is 0. The van der Waals surface area contributed by atoms with E-state index in [0.29, 0.717) is 6.54 Å². The van der Waals surface area contributed by atoms with Gasteiger partial charge in [0, 0.05) is 25.4 Å². The van der Waals surface area contributed by atoms with E-state index in [0.717, 1.165) is 44.5 Å². The van der Waals surface area contributed by atoms with Crippen LogP contribution in [0.3, 0.4) is 0 Å². The average Bonchev–Trinajstić information content (AvgIpc) is 2.50. The summed E-state index contributed by atoms with van der Waals surface area (Å²) in [4.78, 5) is 2.33. The number of rotatable bonds is 6. The Hall–Kier alpha value is -1.13. The monoisotopic (exact) mass is 294 g/mol. The van der Waals surface area contributed by atoms with Gasteiger partial charge in [0.25, 0.3) is 0 Å². The Morgan fingerprint density at radius 3 is 2.62 bits per heavy atom. The second-order valence-corrected chi connectivity index (χ2v) is 5.88. The molecule has 1 aromatic rings. The van der Waals surface area contributed by atoms with Crippen LogP contribution in [0.2, 0.25) is 0 Å². The van der Waals surface area contributed by atoms with Crippen LogP contribution in [0, 0.1) is 5.82 Å². The standard InChI is InChI=1S/C17H27FN2O/c1-3-5-16-12-17(13-19,10-11-21-16)20(4-2)15-8-6-14(18)7-9-15/h6-9,16H,3-5,10-13,19H2,1-2H3. The normalized spacial score (nSPS) is 25.8. The second-order valence-electron chi connectivity index (χ2n) is 5.88. The fourth-order valence-electron chi connectivity index (χ4n) is 3.46. The van der Waals surface area contributed by atoms with Crippen LogP contribution in [0.15, 0.2) is 24.3 Å². The van der Waals surface area contributed by atoms with Crippen LogP contribution in [0.25, 0.3) is 0 Å². The molecule has 4 heteroatoms. The van der Waals surface area contributed by atoms with Crippen LogP contribution in [-0.4, -0.2) is 31.3 Å². The first-order chi connectivity index (χ1) is 10.1. The lowest BCUT2D eigenvalue weighted by atomic mass is 9.83. The average molecular weight is 294 g/mol. The molecule has 2 atom stereocenters. The molecule has 0 aliphatic carbocycles. The van der Waals surface area contributed by atoms with Crippen LogP contribution in [0.4, 0.5) is 10.1 Å². The van der Waals surface area contributed by atoms with E-state index in [1.165, 1.54) is 12.1 Å². The maximum absolute atomic E-state index is 13.2. The first kappa shape index (κ1) is 16.2. The third-order valence-corrected chi connectivity index (χ3v) is 4.55. The van der Waals surface area contributed by atoms with Crippen molar-refractivity contribution in [1.82, 2.24) is 0 Å². The molecule has 1 aliphatic rings. The topological polar surface area (TPSA) is 38.5 Å². The van der Waals surface area contributed by atoms with E-state index >= 15 is 0 Å². The zero-order valence-corrected chi connectivity index (χ0v) is 13.1. The number of nitrogens with two attached hydrogens (primary N) is 1. The number of ether oxygens (including phenoxy) is 1. The number of likely N-dealkylation sites (N-methyl/N-ethyl adjacent to an activating group) is 1. The fraction of sp³-hybridized carbons (Fsp3) is 0.647. The minimum Gasteiger partial charge on any atom is -0.378 e. The first-order valence-electron chi connectivity index (χ1n) is 8.00. The van der Waals surface area contributed by atoms with Gasteiger partial charge in [-0.3, -0.25) is 0 Å². The van der Waals surface area contributed by atoms with Crippen molar-refractivity contribution >= 4 is 5.69 Å². The molecule has 1 fully saturated rings. The molecule has 118 valence electrons. The zero-order chi connectivity index (χ0) is 15.3. The molecule has 0 radical (unpaired) electrons. The summed E-state index contributed by atoms with van der Waals surface area (Å²) in [6.07, 6.45) is 4.34. The molecule has 2 unspecified atom stereocenters. The minimum absolute atomic E-state index is 0.0787. The predicted octanol–water partition coefficient (Wildman–Crippen LogP) is 3.33. The summed E-state index contributed by atoms with van der Waals surface area (Å²) >= 11 is 0. The van der Waals surface area contributed by atoms with Gasteiger partial charge in [0.15, 0.2) is 0 Å². The number of anilines is 1. The molecule has 2 N–H and O–H groups in total. The Balaban J connectivity index is 2.25. The SMILES string of the molecule is CCCC1CC(CN)(N(CC)c2ccc(F)cc2)CCO1. The third kappa shape index (κ3) is 3.55. The molecular weight excluding hydrogens is 267 g/mol. The second kappa shape index (κ2) is 7.23. The summed E-state index contributed by atoms with van der Waals surface area (Å²) in [6, 6.07) is 6.73. The van der Waals surface area contributed by atoms with Crippen molar-refractivity contribution in [3.05, 3.63) is 30.1 Å². The van der Waals surface area contributed by atoms with Crippen molar-refractivity contribution in [3.8, 4) is 0 Å². The van der Waals surface area contributed by atoms with E-state index in [2.05, 4.69) is 18.7 Å². The minimum atomic E-state index is -0.201. The van der Waals surface area contributed by atoms with Crippen molar-refractivity contribution < 1.29 is 9.13 Å². The van der Waals surface area contributed by atoms with Crippen LogP contribution >= 0.6 is 0 Å². The largest absolute Gasteiger partial charge is 0.378 e. The summed E-state index contributed by atoms with van der Waals surface area (Å²) in [6.45, 7) is 6.52. The number of nitrogens with zero attached hydrogens (tertiary/aromatic N) is 1. The maximum atomic E-state index is 13.2. The highest BCUT2D eigenvalue weighted by Gasteiger charge is 2.40. The molecule has 0 bridgehead atoms. The highest BCUT2D eigenvalue weighted by atomic mass is 19.1. The number of hydrogen-bond acceptors (Lipinski definition) is 3. The van der Waals surface area contributed by atoms with Gasteiger partial charge in [-0.15, -0.1) is 0 Å². The molecule has 0 amide bonds. The summed E-state index contributed by atoms with van der Waals surface area (Å²) in [5.41, 5.74) is 7.13.